The van der Waals surface area contributed by atoms with E-state index in [1.54, 1.807) is 18.2 Å². The molecule has 0 bridgehead atoms. The van der Waals surface area contributed by atoms with Crippen molar-refractivity contribution in [2.45, 2.75) is 77.7 Å². The number of Topliss-reactive ketones (excluding diaryl/α,β-unsaturated/α-hetero) is 1. The van der Waals surface area contributed by atoms with Crippen molar-refractivity contribution >= 4 is 17.5 Å². The summed E-state index contributed by atoms with van der Waals surface area (Å²) in [5.41, 5.74) is 2.70. The molecular weight excluding hydrogens is 378 g/mol. The van der Waals surface area contributed by atoms with Gasteiger partial charge in [-0.3, -0.25) is 14.6 Å². The minimum absolute atomic E-state index is 0.0429. The minimum Gasteiger partial charge on any atom is -0.508 e. The summed E-state index contributed by atoms with van der Waals surface area (Å²) in [7, 11) is 0. The van der Waals surface area contributed by atoms with E-state index in [0.717, 1.165) is 36.9 Å². The van der Waals surface area contributed by atoms with Gasteiger partial charge in [0.15, 0.2) is 5.78 Å². The van der Waals surface area contributed by atoms with E-state index in [0.29, 0.717) is 24.1 Å². The summed E-state index contributed by atoms with van der Waals surface area (Å²) >= 11 is 0. The van der Waals surface area contributed by atoms with Gasteiger partial charge in [0.25, 0.3) is 0 Å². The molecule has 0 spiro atoms. The van der Waals surface area contributed by atoms with Crippen LogP contribution in [-0.2, 0) is 14.3 Å². The van der Waals surface area contributed by atoms with E-state index in [4.69, 9.17) is 9.73 Å². The maximum Gasteiger partial charge on any atom is 0.315 e. The van der Waals surface area contributed by atoms with Crippen LogP contribution in [-0.4, -0.2) is 28.7 Å². The molecule has 0 saturated heterocycles. The Labute approximate surface area is 178 Å². The number of carbonyl (C=O) groups is 2. The van der Waals surface area contributed by atoms with Gasteiger partial charge in [-0.05, 0) is 62.1 Å². The van der Waals surface area contributed by atoms with Gasteiger partial charge in [0, 0.05) is 29.3 Å². The quantitative estimate of drug-likeness (QED) is 0.706. The van der Waals surface area contributed by atoms with Gasteiger partial charge in [0.1, 0.15) is 17.8 Å². The molecule has 2 atom stereocenters. The molecule has 1 N–H and O–H groups in total. The second-order valence-electron chi connectivity index (χ2n) is 9.80. The molecule has 1 aromatic carbocycles. The normalized spacial score (nSPS) is 26.8. The summed E-state index contributed by atoms with van der Waals surface area (Å²) in [5.74, 6) is -1.25. The van der Waals surface area contributed by atoms with Crippen molar-refractivity contribution in [3.63, 3.8) is 0 Å². The molecule has 0 aromatic heterocycles. The molecule has 3 aliphatic rings. The zero-order chi connectivity index (χ0) is 21.5. The maximum absolute atomic E-state index is 13.4. The number of ether oxygens (including phenoxy) is 1. The highest BCUT2D eigenvalue weighted by Crippen LogP contribution is 2.48. The number of phenolic OH excluding ortho intramolecular Hbond substituents is 1. The fraction of sp³-hybridized carbons (Fsp3) is 0.560. The Morgan fingerprint density at radius 3 is 2.60 bits per heavy atom. The van der Waals surface area contributed by atoms with Crippen LogP contribution in [0, 0.1) is 11.3 Å². The van der Waals surface area contributed by atoms with Crippen molar-refractivity contribution in [2.75, 3.05) is 0 Å². The van der Waals surface area contributed by atoms with Crippen LogP contribution < -0.4 is 0 Å². The van der Waals surface area contributed by atoms with Gasteiger partial charge in [-0.25, -0.2) is 0 Å². The number of allylic oxidation sites excluding steroid dienone is 2. The average molecular weight is 410 g/mol. The van der Waals surface area contributed by atoms with E-state index in [-0.39, 0.29) is 29.0 Å². The molecule has 0 amide bonds. The molecule has 160 valence electrons. The molecule has 2 aliphatic carbocycles. The largest absolute Gasteiger partial charge is 0.508 e. The number of ketones is 1. The third kappa shape index (κ3) is 4.07. The van der Waals surface area contributed by atoms with Crippen LogP contribution >= 0.6 is 0 Å². The molecule has 1 heterocycles. The first-order chi connectivity index (χ1) is 14.2. The van der Waals surface area contributed by atoms with Crippen molar-refractivity contribution in [1.29, 1.82) is 0 Å². The second kappa shape index (κ2) is 8.01. The minimum atomic E-state index is -0.641. The van der Waals surface area contributed by atoms with Crippen LogP contribution in [0.1, 0.15) is 77.2 Å². The third-order valence-electron chi connectivity index (χ3n) is 6.62. The fourth-order valence-corrected chi connectivity index (χ4v) is 5.25. The van der Waals surface area contributed by atoms with Gasteiger partial charge in [-0.2, -0.15) is 0 Å². The molecule has 1 fully saturated rings. The van der Waals surface area contributed by atoms with Crippen LogP contribution in [0.5, 0.6) is 5.75 Å². The first-order valence-electron chi connectivity index (χ1n) is 11.1. The SMILES string of the molecule is CC1=NC2=C(C(=O)CC(C)(C)C2)[C@H](c2cccc(O)c2)C1C(=O)OC1CCCCC1. The van der Waals surface area contributed by atoms with Gasteiger partial charge < -0.3 is 9.84 Å². The second-order valence-corrected chi connectivity index (χ2v) is 9.80. The number of esters is 1. The first-order valence-corrected chi connectivity index (χ1v) is 11.1. The van der Waals surface area contributed by atoms with Gasteiger partial charge in [-0.15, -0.1) is 0 Å². The van der Waals surface area contributed by atoms with Crippen molar-refractivity contribution in [2.24, 2.45) is 16.3 Å². The number of phenols is 1. The Hall–Kier alpha value is -2.43. The molecule has 1 aliphatic heterocycles. The van der Waals surface area contributed by atoms with E-state index >= 15 is 0 Å². The highest BCUT2D eigenvalue weighted by molar-refractivity contribution is 6.09. The fourth-order valence-electron chi connectivity index (χ4n) is 5.25. The first kappa shape index (κ1) is 20.8. The molecule has 1 aromatic rings. The predicted molar refractivity (Wildman–Crippen MR) is 115 cm³/mol. The molecular formula is C25H31NO4. The summed E-state index contributed by atoms with van der Waals surface area (Å²) in [6.07, 6.45) is 6.21. The van der Waals surface area contributed by atoms with Crippen LogP contribution in [0.4, 0.5) is 0 Å². The molecule has 5 heteroatoms. The van der Waals surface area contributed by atoms with E-state index in [1.165, 1.54) is 6.42 Å². The highest BCUT2D eigenvalue weighted by Gasteiger charge is 2.46. The van der Waals surface area contributed by atoms with Crippen molar-refractivity contribution < 1.29 is 19.4 Å². The van der Waals surface area contributed by atoms with Crippen LogP contribution in [0.3, 0.4) is 0 Å². The number of benzene rings is 1. The molecule has 30 heavy (non-hydrogen) atoms. The Morgan fingerprint density at radius 2 is 1.90 bits per heavy atom. The maximum atomic E-state index is 13.4. The number of hydrogen-bond donors (Lipinski definition) is 1. The third-order valence-corrected chi connectivity index (χ3v) is 6.62. The van der Waals surface area contributed by atoms with Gasteiger partial charge in [0.2, 0.25) is 0 Å². The number of aromatic hydroxyl groups is 1. The van der Waals surface area contributed by atoms with Crippen molar-refractivity contribution in [1.82, 2.24) is 0 Å². The average Bonchev–Trinajstić information content (AvgIpc) is 2.66. The lowest BCUT2D eigenvalue weighted by Crippen LogP contribution is -2.40. The van der Waals surface area contributed by atoms with Gasteiger partial charge in [0.05, 0.1) is 0 Å². The molecule has 5 nitrogen and oxygen atoms in total. The van der Waals surface area contributed by atoms with E-state index in [2.05, 4.69) is 13.8 Å². The Balaban J connectivity index is 1.75. The summed E-state index contributed by atoms with van der Waals surface area (Å²) < 4.78 is 5.92. The monoisotopic (exact) mass is 409 g/mol. The van der Waals surface area contributed by atoms with E-state index in [1.807, 2.05) is 13.0 Å². The number of nitrogens with zero attached hydrogens (tertiary/aromatic N) is 1. The number of rotatable bonds is 3. The van der Waals surface area contributed by atoms with Gasteiger partial charge in [-0.1, -0.05) is 32.4 Å². The highest BCUT2D eigenvalue weighted by atomic mass is 16.5. The summed E-state index contributed by atoms with van der Waals surface area (Å²) in [6.45, 7) is 6.01. The van der Waals surface area contributed by atoms with Crippen molar-refractivity contribution in [3.05, 3.63) is 41.1 Å². The molecule has 1 saturated carbocycles. The van der Waals surface area contributed by atoms with Crippen LogP contribution in [0.25, 0.3) is 0 Å². The molecule has 4 rings (SSSR count). The number of hydrogen-bond acceptors (Lipinski definition) is 5. The Bertz CT molecular complexity index is 921. The number of carbonyl (C=O) groups excluding carboxylic acids is 2. The Kier molecular flexibility index (Phi) is 5.56. The lowest BCUT2D eigenvalue weighted by molar-refractivity contribution is -0.153. The Morgan fingerprint density at radius 1 is 1.17 bits per heavy atom. The number of aliphatic imine (C=N–C) groups is 1. The zero-order valence-corrected chi connectivity index (χ0v) is 18.1. The van der Waals surface area contributed by atoms with E-state index < -0.39 is 11.8 Å². The molecule has 0 radical (unpaired) electrons. The summed E-state index contributed by atoms with van der Waals surface area (Å²) in [5, 5.41) is 10.1. The lowest BCUT2D eigenvalue weighted by atomic mass is 9.67. The van der Waals surface area contributed by atoms with Crippen LogP contribution in [0.2, 0.25) is 0 Å². The zero-order valence-electron chi connectivity index (χ0n) is 18.1. The topological polar surface area (TPSA) is 76.0 Å². The standard InChI is InChI=1S/C25H31NO4/c1-15-21(24(29)30-18-10-5-4-6-11-18)22(16-8-7-9-17(27)12-16)23-19(26-15)13-25(2,3)14-20(23)28/h7-9,12,18,21-22,27H,4-6,10-11,13-14H2,1-3H3/t21?,22-/m1/s1. The summed E-state index contributed by atoms with van der Waals surface area (Å²) in [6, 6.07) is 6.89. The van der Waals surface area contributed by atoms with Gasteiger partial charge >= 0.3 is 5.97 Å². The predicted octanol–water partition coefficient (Wildman–Crippen LogP) is 5.09. The van der Waals surface area contributed by atoms with Crippen LogP contribution in [0.15, 0.2) is 40.5 Å². The van der Waals surface area contributed by atoms with Crippen molar-refractivity contribution in [3.8, 4) is 5.75 Å². The molecule has 1 unspecified atom stereocenters. The summed E-state index contributed by atoms with van der Waals surface area (Å²) in [4.78, 5) is 31.3. The smallest absolute Gasteiger partial charge is 0.315 e. The van der Waals surface area contributed by atoms with E-state index in [9.17, 15) is 14.7 Å². The lowest BCUT2D eigenvalue weighted by Gasteiger charge is -2.39.